The first-order valence-corrected chi connectivity index (χ1v) is 8.16. The van der Waals surface area contributed by atoms with Crippen LogP contribution in [-0.2, 0) is 11.3 Å². The van der Waals surface area contributed by atoms with E-state index < -0.39 is 12.6 Å². The lowest BCUT2D eigenvalue weighted by Crippen LogP contribution is -2.09. The lowest BCUT2D eigenvalue weighted by atomic mass is 10.2. The first-order chi connectivity index (χ1) is 11.4. The van der Waals surface area contributed by atoms with E-state index in [1.165, 1.54) is 4.68 Å². The lowest BCUT2D eigenvalue weighted by Gasteiger charge is -2.13. The van der Waals surface area contributed by atoms with Gasteiger partial charge in [0.15, 0.2) is 5.69 Å². The van der Waals surface area contributed by atoms with Gasteiger partial charge in [0, 0.05) is 10.0 Å². The highest BCUT2D eigenvalue weighted by Crippen LogP contribution is 2.33. The summed E-state index contributed by atoms with van der Waals surface area (Å²) in [6.07, 6.45) is 0. The van der Waals surface area contributed by atoms with E-state index in [0.717, 1.165) is 0 Å². The second kappa shape index (κ2) is 7.88. The van der Waals surface area contributed by atoms with Crippen molar-refractivity contribution in [3.63, 3.8) is 0 Å². The monoisotopic (exact) mass is 372 g/mol. The van der Waals surface area contributed by atoms with E-state index in [1.54, 1.807) is 25.1 Å². The molecule has 2 aromatic rings. The number of ether oxygens (including phenoxy) is 2. The van der Waals surface area contributed by atoms with Gasteiger partial charge < -0.3 is 14.6 Å². The third-order valence-electron chi connectivity index (χ3n) is 3.13. The summed E-state index contributed by atoms with van der Waals surface area (Å²) in [4.78, 5) is 12.1. The van der Waals surface area contributed by atoms with Gasteiger partial charge in [0.1, 0.15) is 5.75 Å². The Bertz CT molecular complexity index is 724. The number of carbonyl (C=O) groups is 1. The van der Waals surface area contributed by atoms with Crippen LogP contribution in [-0.4, -0.2) is 27.5 Å². The van der Waals surface area contributed by atoms with Crippen LogP contribution < -0.4 is 4.74 Å². The predicted molar refractivity (Wildman–Crippen MR) is 91.0 cm³/mol. The maximum Gasteiger partial charge on any atom is 0.359 e. The summed E-state index contributed by atoms with van der Waals surface area (Å²) < 4.78 is 12.3. The minimum absolute atomic E-state index is 0.0242. The number of benzene rings is 1. The van der Waals surface area contributed by atoms with E-state index in [0.29, 0.717) is 15.8 Å². The third-order valence-corrected chi connectivity index (χ3v) is 3.56. The number of aromatic nitrogens is 2. The number of rotatable bonds is 6. The highest BCUT2D eigenvalue weighted by Gasteiger charge is 2.26. The van der Waals surface area contributed by atoms with Gasteiger partial charge in [-0.1, -0.05) is 23.2 Å². The fourth-order valence-electron chi connectivity index (χ4n) is 2.12. The van der Waals surface area contributed by atoms with Crippen LogP contribution in [0.25, 0.3) is 0 Å². The van der Waals surface area contributed by atoms with Crippen molar-refractivity contribution in [1.82, 2.24) is 9.78 Å². The fraction of sp³-hybridized carbons (Fsp3) is 0.375. The zero-order valence-corrected chi connectivity index (χ0v) is 15.1. The van der Waals surface area contributed by atoms with Crippen molar-refractivity contribution in [2.75, 3.05) is 6.61 Å². The number of nitrogens with zero attached hydrogens (tertiary/aromatic N) is 2. The zero-order chi connectivity index (χ0) is 17.9. The van der Waals surface area contributed by atoms with Crippen LogP contribution >= 0.6 is 23.2 Å². The Morgan fingerprint density at radius 1 is 1.29 bits per heavy atom. The summed E-state index contributed by atoms with van der Waals surface area (Å²) in [7, 11) is 0. The Morgan fingerprint density at radius 2 is 1.92 bits per heavy atom. The van der Waals surface area contributed by atoms with Crippen LogP contribution in [0, 0.1) is 0 Å². The number of esters is 1. The molecule has 0 aliphatic heterocycles. The number of hydrogen-bond donors (Lipinski definition) is 1. The molecule has 0 amide bonds. The summed E-state index contributed by atoms with van der Waals surface area (Å²) in [5.74, 6) is 0.00298. The van der Waals surface area contributed by atoms with E-state index in [4.69, 9.17) is 32.7 Å². The third kappa shape index (κ3) is 4.01. The van der Waals surface area contributed by atoms with Crippen molar-refractivity contribution >= 4 is 29.2 Å². The van der Waals surface area contributed by atoms with Crippen molar-refractivity contribution in [2.45, 2.75) is 33.4 Å². The van der Waals surface area contributed by atoms with Crippen LogP contribution in [0.1, 0.15) is 42.9 Å². The predicted octanol–water partition coefficient (Wildman–Crippen LogP) is 4.23. The molecule has 1 aromatic carbocycles. The molecule has 24 heavy (non-hydrogen) atoms. The molecule has 0 radical (unpaired) electrons. The van der Waals surface area contributed by atoms with Crippen molar-refractivity contribution in [3.05, 3.63) is 39.5 Å². The molecule has 2 rings (SSSR count). The summed E-state index contributed by atoms with van der Waals surface area (Å²) in [5, 5.41) is 14.8. The molecular formula is C16H18Cl2N2O4. The van der Waals surface area contributed by atoms with Gasteiger partial charge in [0.25, 0.3) is 0 Å². The molecule has 0 aliphatic rings. The van der Waals surface area contributed by atoms with Gasteiger partial charge in [-0.15, -0.1) is 0 Å². The van der Waals surface area contributed by atoms with Gasteiger partial charge in [0.2, 0.25) is 5.88 Å². The smallest absolute Gasteiger partial charge is 0.359 e. The second-order valence-electron chi connectivity index (χ2n) is 5.26. The highest BCUT2D eigenvalue weighted by molar-refractivity contribution is 6.34. The summed E-state index contributed by atoms with van der Waals surface area (Å²) in [6, 6.07) is 4.63. The zero-order valence-electron chi connectivity index (χ0n) is 13.5. The van der Waals surface area contributed by atoms with Gasteiger partial charge in [-0.2, -0.15) is 5.10 Å². The van der Waals surface area contributed by atoms with Crippen molar-refractivity contribution in [2.24, 2.45) is 0 Å². The van der Waals surface area contributed by atoms with E-state index in [1.807, 2.05) is 13.8 Å². The number of aliphatic hydroxyl groups is 1. The molecule has 0 unspecified atom stereocenters. The van der Waals surface area contributed by atoms with Gasteiger partial charge >= 0.3 is 5.97 Å². The van der Waals surface area contributed by atoms with Gasteiger partial charge in [-0.25, -0.2) is 9.48 Å². The van der Waals surface area contributed by atoms with Crippen molar-refractivity contribution < 1.29 is 19.4 Å². The quantitative estimate of drug-likeness (QED) is 0.767. The summed E-state index contributed by atoms with van der Waals surface area (Å²) in [5.41, 5.74) is 0.273. The molecule has 1 aromatic heterocycles. The molecule has 0 aliphatic carbocycles. The molecular weight excluding hydrogens is 355 g/mol. The maximum atomic E-state index is 12.1. The minimum Gasteiger partial charge on any atom is -0.461 e. The van der Waals surface area contributed by atoms with Gasteiger partial charge in [0.05, 0.1) is 24.8 Å². The molecule has 0 saturated heterocycles. The maximum absolute atomic E-state index is 12.1. The van der Waals surface area contributed by atoms with E-state index in [2.05, 4.69) is 5.10 Å². The van der Waals surface area contributed by atoms with E-state index in [-0.39, 0.29) is 29.8 Å². The highest BCUT2D eigenvalue weighted by atomic mass is 35.5. The van der Waals surface area contributed by atoms with E-state index >= 15 is 0 Å². The SMILES string of the molecule is CCOC(=O)c1nn(C(C)C)c(Oc2cc(Cl)cc(Cl)c2)c1CO. The van der Waals surface area contributed by atoms with Crippen molar-refractivity contribution in [3.8, 4) is 11.6 Å². The standard InChI is InChI=1S/C16H18Cl2N2O4/c1-4-23-16(22)14-13(8-21)15(20(19-14)9(2)3)24-12-6-10(17)5-11(18)7-12/h5-7,9,21H,4,8H2,1-3H3. The molecule has 0 fully saturated rings. The van der Waals surface area contributed by atoms with Crippen molar-refractivity contribution in [1.29, 1.82) is 0 Å². The average Bonchev–Trinajstić information content (AvgIpc) is 2.85. The average molecular weight is 373 g/mol. The van der Waals surface area contributed by atoms with Crippen LogP contribution in [0.5, 0.6) is 11.6 Å². The molecule has 1 heterocycles. The molecule has 8 heteroatoms. The summed E-state index contributed by atoms with van der Waals surface area (Å²) >= 11 is 12.0. The number of hydrogen-bond acceptors (Lipinski definition) is 5. The van der Waals surface area contributed by atoms with Crippen LogP contribution in [0.3, 0.4) is 0 Å². The van der Waals surface area contributed by atoms with E-state index in [9.17, 15) is 9.90 Å². The van der Waals surface area contributed by atoms with Crippen LogP contribution in [0.2, 0.25) is 10.0 Å². The molecule has 0 atom stereocenters. The second-order valence-corrected chi connectivity index (χ2v) is 6.13. The Morgan fingerprint density at radius 3 is 2.42 bits per heavy atom. The Hall–Kier alpha value is -1.76. The largest absolute Gasteiger partial charge is 0.461 e. The van der Waals surface area contributed by atoms with Gasteiger partial charge in [-0.3, -0.25) is 0 Å². The lowest BCUT2D eigenvalue weighted by molar-refractivity contribution is 0.0514. The minimum atomic E-state index is -0.616. The van der Waals surface area contributed by atoms with Gasteiger partial charge in [-0.05, 0) is 39.0 Å². The Balaban J connectivity index is 2.52. The first-order valence-electron chi connectivity index (χ1n) is 7.40. The number of aliphatic hydroxyl groups excluding tert-OH is 1. The molecule has 130 valence electrons. The number of halogens is 2. The Kier molecular flexibility index (Phi) is 6.10. The molecule has 0 bridgehead atoms. The van der Waals surface area contributed by atoms with Crippen LogP contribution in [0.15, 0.2) is 18.2 Å². The molecule has 0 spiro atoms. The molecule has 0 saturated carbocycles. The fourth-order valence-corrected chi connectivity index (χ4v) is 2.62. The molecule has 1 N–H and O–H groups in total. The Labute approximate surface area is 149 Å². The summed E-state index contributed by atoms with van der Waals surface area (Å²) in [6.45, 7) is 5.23. The first kappa shape index (κ1) is 18.6. The number of carbonyl (C=O) groups excluding carboxylic acids is 1. The normalized spacial score (nSPS) is 11.0. The topological polar surface area (TPSA) is 73.6 Å². The molecule has 6 nitrogen and oxygen atoms in total. The van der Waals surface area contributed by atoms with Crippen LogP contribution in [0.4, 0.5) is 0 Å².